The molecule has 0 fully saturated rings. The van der Waals surface area contributed by atoms with Gasteiger partial charge in [-0.15, -0.1) is 0 Å². The molecule has 4 nitrogen and oxygen atoms in total. The van der Waals surface area contributed by atoms with Crippen molar-refractivity contribution >= 4 is 15.9 Å². The molecule has 20 heavy (non-hydrogen) atoms. The molecule has 0 saturated heterocycles. The Balaban J connectivity index is 2.36. The van der Waals surface area contributed by atoms with E-state index in [0.717, 1.165) is 22.3 Å². The Hall–Kier alpha value is -1.17. The lowest BCUT2D eigenvalue weighted by Crippen LogP contribution is -2.30. The summed E-state index contributed by atoms with van der Waals surface area (Å²) in [5, 5.41) is 4.43. The Kier molecular flexibility index (Phi) is 4.62. The first-order chi connectivity index (χ1) is 9.43. The molecule has 0 aliphatic heterocycles. The number of nitrogens with one attached hydrogen (secondary N) is 1. The molecule has 0 amide bonds. The summed E-state index contributed by atoms with van der Waals surface area (Å²) in [6.45, 7) is 6.21. The molecule has 5 heteroatoms. The molecule has 3 N–H and O–H groups in total. The standard InChI is InChI=1S/C15H21BrN4/c1-9-5-6-10(2)12(7-9)13(18-17)8-14-15(16)11(3)19-20(14)4/h5-7,13,18H,8,17H2,1-4H3. The van der Waals surface area contributed by atoms with Crippen LogP contribution in [0.25, 0.3) is 0 Å². The van der Waals surface area contributed by atoms with E-state index < -0.39 is 0 Å². The number of nitrogens with two attached hydrogens (primary N) is 1. The summed E-state index contributed by atoms with van der Waals surface area (Å²) in [7, 11) is 1.96. The lowest BCUT2D eigenvalue weighted by atomic mass is 9.96. The maximum Gasteiger partial charge on any atom is 0.0738 e. The van der Waals surface area contributed by atoms with E-state index in [1.807, 2.05) is 18.7 Å². The predicted octanol–water partition coefficient (Wildman–Crippen LogP) is 2.85. The molecule has 2 aromatic rings. The number of hydrogen-bond donors (Lipinski definition) is 2. The minimum absolute atomic E-state index is 0.0704. The molecule has 2 rings (SSSR count). The summed E-state index contributed by atoms with van der Waals surface area (Å²) < 4.78 is 2.97. The van der Waals surface area contributed by atoms with Crippen LogP contribution in [0, 0.1) is 20.8 Å². The minimum atomic E-state index is 0.0704. The molecule has 1 atom stereocenters. The van der Waals surface area contributed by atoms with Crippen molar-refractivity contribution in [1.29, 1.82) is 0 Å². The van der Waals surface area contributed by atoms with Gasteiger partial charge in [-0.3, -0.25) is 16.0 Å². The van der Waals surface area contributed by atoms with Crippen LogP contribution >= 0.6 is 15.9 Å². The summed E-state index contributed by atoms with van der Waals surface area (Å²) in [4.78, 5) is 0. The summed E-state index contributed by atoms with van der Waals surface area (Å²) in [6, 6.07) is 6.52. The van der Waals surface area contributed by atoms with Crippen LogP contribution in [0.5, 0.6) is 0 Å². The zero-order valence-corrected chi connectivity index (χ0v) is 14.0. The maximum atomic E-state index is 5.78. The van der Waals surface area contributed by atoms with Crippen LogP contribution in [-0.4, -0.2) is 9.78 Å². The average Bonchev–Trinajstić information content (AvgIpc) is 2.65. The molecular weight excluding hydrogens is 316 g/mol. The van der Waals surface area contributed by atoms with Gasteiger partial charge in [-0.05, 0) is 47.8 Å². The first kappa shape index (κ1) is 15.2. The molecule has 0 bridgehead atoms. The molecular formula is C15H21BrN4. The third-order valence-electron chi connectivity index (χ3n) is 3.67. The van der Waals surface area contributed by atoms with Crippen LogP contribution in [0.4, 0.5) is 0 Å². The van der Waals surface area contributed by atoms with Crippen LogP contribution in [-0.2, 0) is 13.5 Å². The number of aryl methyl sites for hydroxylation is 4. The quantitative estimate of drug-likeness (QED) is 0.666. The SMILES string of the molecule is Cc1ccc(C)c(C(Cc2c(Br)c(C)nn2C)NN)c1. The van der Waals surface area contributed by atoms with Gasteiger partial charge in [0.1, 0.15) is 0 Å². The van der Waals surface area contributed by atoms with Crippen LogP contribution in [0.3, 0.4) is 0 Å². The van der Waals surface area contributed by atoms with Crippen molar-refractivity contribution in [2.45, 2.75) is 33.2 Å². The van der Waals surface area contributed by atoms with Crippen molar-refractivity contribution < 1.29 is 0 Å². The zero-order chi connectivity index (χ0) is 14.9. The smallest absolute Gasteiger partial charge is 0.0738 e. The van der Waals surface area contributed by atoms with Crippen molar-refractivity contribution in [3.05, 3.63) is 50.8 Å². The number of aromatic nitrogens is 2. The Morgan fingerprint density at radius 1 is 1.35 bits per heavy atom. The first-order valence-electron chi connectivity index (χ1n) is 6.65. The summed E-state index contributed by atoms with van der Waals surface area (Å²) in [5.41, 5.74) is 8.80. The van der Waals surface area contributed by atoms with E-state index in [1.54, 1.807) is 0 Å². The fourth-order valence-corrected chi connectivity index (χ4v) is 2.99. The highest BCUT2D eigenvalue weighted by Gasteiger charge is 2.18. The monoisotopic (exact) mass is 336 g/mol. The Bertz CT molecular complexity index is 619. The van der Waals surface area contributed by atoms with Crippen LogP contribution < -0.4 is 11.3 Å². The number of nitrogens with zero attached hydrogens (tertiary/aromatic N) is 2. The van der Waals surface area contributed by atoms with E-state index in [-0.39, 0.29) is 6.04 Å². The van der Waals surface area contributed by atoms with Gasteiger partial charge in [0.25, 0.3) is 0 Å². The van der Waals surface area contributed by atoms with Gasteiger partial charge in [0.15, 0.2) is 0 Å². The van der Waals surface area contributed by atoms with Gasteiger partial charge >= 0.3 is 0 Å². The molecule has 1 aromatic heterocycles. The Morgan fingerprint density at radius 2 is 2.05 bits per heavy atom. The highest BCUT2D eigenvalue weighted by atomic mass is 79.9. The van der Waals surface area contributed by atoms with Gasteiger partial charge in [-0.2, -0.15) is 5.10 Å². The molecule has 1 aromatic carbocycles. The largest absolute Gasteiger partial charge is 0.271 e. The molecule has 0 aliphatic rings. The third kappa shape index (κ3) is 2.95. The van der Waals surface area contributed by atoms with Gasteiger partial charge in [-0.25, -0.2) is 0 Å². The maximum absolute atomic E-state index is 5.78. The molecule has 1 heterocycles. The highest BCUT2D eigenvalue weighted by molar-refractivity contribution is 9.10. The fourth-order valence-electron chi connectivity index (χ4n) is 2.49. The number of hydrogen-bond acceptors (Lipinski definition) is 3. The number of halogens is 1. The topological polar surface area (TPSA) is 55.9 Å². The molecule has 0 saturated carbocycles. The lowest BCUT2D eigenvalue weighted by Gasteiger charge is -2.19. The highest BCUT2D eigenvalue weighted by Crippen LogP contribution is 2.27. The van der Waals surface area contributed by atoms with E-state index in [9.17, 15) is 0 Å². The van der Waals surface area contributed by atoms with E-state index >= 15 is 0 Å². The number of rotatable bonds is 4. The van der Waals surface area contributed by atoms with Crippen molar-refractivity contribution in [1.82, 2.24) is 15.2 Å². The summed E-state index contributed by atoms with van der Waals surface area (Å²) in [6.07, 6.45) is 0.790. The van der Waals surface area contributed by atoms with Crippen LogP contribution in [0.1, 0.15) is 34.1 Å². The second-order valence-electron chi connectivity index (χ2n) is 5.25. The Morgan fingerprint density at radius 3 is 2.60 bits per heavy atom. The number of hydrazine groups is 1. The summed E-state index contributed by atoms with van der Waals surface area (Å²) >= 11 is 3.61. The van der Waals surface area contributed by atoms with Gasteiger partial charge in [-0.1, -0.05) is 23.8 Å². The molecule has 1 unspecified atom stereocenters. The normalized spacial score (nSPS) is 12.7. The third-order valence-corrected chi connectivity index (χ3v) is 4.70. The summed E-state index contributed by atoms with van der Waals surface area (Å²) in [5.74, 6) is 5.78. The van der Waals surface area contributed by atoms with Gasteiger partial charge in [0, 0.05) is 13.5 Å². The van der Waals surface area contributed by atoms with Gasteiger partial charge < -0.3 is 0 Å². The van der Waals surface area contributed by atoms with Gasteiger partial charge in [0.2, 0.25) is 0 Å². The minimum Gasteiger partial charge on any atom is -0.271 e. The molecule has 108 valence electrons. The van der Waals surface area contributed by atoms with E-state index in [0.29, 0.717) is 0 Å². The fraction of sp³-hybridized carbons (Fsp3) is 0.400. The number of benzene rings is 1. The molecule has 0 radical (unpaired) electrons. The van der Waals surface area contributed by atoms with Crippen LogP contribution in [0.2, 0.25) is 0 Å². The van der Waals surface area contributed by atoms with Gasteiger partial charge in [0.05, 0.1) is 21.9 Å². The van der Waals surface area contributed by atoms with E-state index in [2.05, 4.69) is 58.5 Å². The van der Waals surface area contributed by atoms with E-state index in [4.69, 9.17) is 5.84 Å². The van der Waals surface area contributed by atoms with Crippen molar-refractivity contribution in [2.75, 3.05) is 0 Å². The zero-order valence-electron chi connectivity index (χ0n) is 12.4. The lowest BCUT2D eigenvalue weighted by molar-refractivity contribution is 0.526. The second-order valence-corrected chi connectivity index (χ2v) is 6.05. The van der Waals surface area contributed by atoms with Crippen molar-refractivity contribution in [3.63, 3.8) is 0 Å². The van der Waals surface area contributed by atoms with Crippen LogP contribution in [0.15, 0.2) is 22.7 Å². The average molecular weight is 337 g/mol. The molecule has 0 spiro atoms. The van der Waals surface area contributed by atoms with E-state index in [1.165, 1.54) is 16.7 Å². The first-order valence-corrected chi connectivity index (χ1v) is 7.44. The second kappa shape index (κ2) is 6.08. The Labute approximate surface area is 128 Å². The molecule has 0 aliphatic carbocycles. The van der Waals surface area contributed by atoms with Crippen molar-refractivity contribution in [2.24, 2.45) is 12.9 Å². The predicted molar refractivity (Wildman–Crippen MR) is 85.3 cm³/mol. The van der Waals surface area contributed by atoms with Crippen molar-refractivity contribution in [3.8, 4) is 0 Å².